The number of nitrogens with zero attached hydrogens (tertiary/aromatic N) is 3. The number of hydrogen-bond acceptors (Lipinski definition) is 4. The van der Waals surface area contributed by atoms with Crippen molar-refractivity contribution in [2.75, 3.05) is 31.2 Å². The molecule has 1 fully saturated rings. The van der Waals surface area contributed by atoms with Crippen molar-refractivity contribution in [3.05, 3.63) is 75.8 Å². The lowest BCUT2D eigenvalue weighted by Crippen LogP contribution is -2.36. The van der Waals surface area contributed by atoms with Crippen LogP contribution in [0.3, 0.4) is 0 Å². The van der Waals surface area contributed by atoms with Gasteiger partial charge in [0, 0.05) is 41.3 Å². The fourth-order valence-corrected chi connectivity index (χ4v) is 4.08. The molecule has 0 spiro atoms. The average molecular weight is 421 g/mol. The highest BCUT2D eigenvalue weighted by atomic mass is 35.5. The molecule has 0 saturated carbocycles. The smallest absolute Gasteiger partial charge is 0.280 e. The highest BCUT2D eigenvalue weighted by Gasteiger charge is 2.17. The van der Waals surface area contributed by atoms with Crippen LogP contribution < -0.4 is 10.5 Å². The summed E-state index contributed by atoms with van der Waals surface area (Å²) < 4.78 is 6.98. The molecule has 1 aliphatic rings. The summed E-state index contributed by atoms with van der Waals surface area (Å²) >= 11 is 5.99. The second kappa shape index (κ2) is 7.63. The summed E-state index contributed by atoms with van der Waals surface area (Å²) in [5.74, 6) is 0. The van der Waals surface area contributed by atoms with Crippen molar-refractivity contribution >= 4 is 28.2 Å². The number of pyridine rings is 1. The summed E-state index contributed by atoms with van der Waals surface area (Å²) in [5.41, 5.74) is 5.37. The molecule has 0 unspecified atom stereocenters. The number of halogens is 1. The van der Waals surface area contributed by atoms with Crippen molar-refractivity contribution < 1.29 is 4.74 Å². The largest absolute Gasteiger partial charge is 0.378 e. The van der Waals surface area contributed by atoms with Crippen LogP contribution in [0, 0.1) is 6.92 Å². The Morgan fingerprint density at radius 3 is 2.37 bits per heavy atom. The molecule has 0 aliphatic carbocycles. The molecule has 1 saturated heterocycles. The first kappa shape index (κ1) is 18.9. The van der Waals surface area contributed by atoms with Crippen molar-refractivity contribution in [1.82, 2.24) is 14.8 Å². The van der Waals surface area contributed by atoms with E-state index in [9.17, 15) is 4.79 Å². The molecule has 0 atom stereocenters. The van der Waals surface area contributed by atoms with Crippen LogP contribution in [-0.2, 0) is 4.74 Å². The number of nitrogens with one attached hydrogen (secondary N) is 1. The third-order valence-corrected chi connectivity index (χ3v) is 5.79. The van der Waals surface area contributed by atoms with Crippen LogP contribution in [-0.4, -0.2) is 41.1 Å². The number of hydrogen-bond donors (Lipinski definition) is 1. The first-order valence-corrected chi connectivity index (χ1v) is 10.3. The number of benzene rings is 2. The van der Waals surface area contributed by atoms with Crippen LogP contribution in [0.15, 0.2) is 59.5 Å². The Morgan fingerprint density at radius 2 is 1.67 bits per heavy atom. The Balaban J connectivity index is 1.60. The van der Waals surface area contributed by atoms with E-state index in [0.29, 0.717) is 10.4 Å². The zero-order valence-corrected chi connectivity index (χ0v) is 17.3. The van der Waals surface area contributed by atoms with E-state index < -0.39 is 0 Å². The third-order valence-electron chi connectivity index (χ3n) is 5.54. The molecule has 4 aromatic rings. The predicted molar refractivity (Wildman–Crippen MR) is 120 cm³/mol. The number of H-pyrrole nitrogens is 1. The van der Waals surface area contributed by atoms with Gasteiger partial charge in [-0.2, -0.15) is 0 Å². The topological polar surface area (TPSA) is 63.2 Å². The van der Waals surface area contributed by atoms with Gasteiger partial charge in [-0.05, 0) is 48.9 Å². The van der Waals surface area contributed by atoms with Gasteiger partial charge in [0.2, 0.25) is 0 Å². The number of fused-ring (bicyclic) bond motifs is 1. The molecule has 0 bridgehead atoms. The summed E-state index contributed by atoms with van der Waals surface area (Å²) in [6.07, 6.45) is 1.64. The maximum atomic E-state index is 13.0. The fraction of sp³-hybridized carbons (Fsp3) is 0.217. The molecule has 30 heavy (non-hydrogen) atoms. The summed E-state index contributed by atoms with van der Waals surface area (Å²) in [6.45, 7) is 5.26. The first-order valence-electron chi connectivity index (χ1n) is 9.91. The zero-order valence-electron chi connectivity index (χ0n) is 16.6. The SMILES string of the molecule is Cc1ncc2c(=O)n(-c3ccc(Cl)cc3)[nH]c2c1-c1ccc(N2CCOCC2)cc1. The zero-order chi connectivity index (χ0) is 20.7. The molecule has 152 valence electrons. The van der Waals surface area contributed by atoms with E-state index in [2.05, 4.69) is 39.2 Å². The molecule has 6 nitrogen and oxygen atoms in total. The minimum absolute atomic E-state index is 0.133. The van der Waals surface area contributed by atoms with Gasteiger partial charge in [-0.1, -0.05) is 23.7 Å². The van der Waals surface area contributed by atoms with Gasteiger partial charge in [0.25, 0.3) is 5.56 Å². The van der Waals surface area contributed by atoms with Crippen molar-refractivity contribution in [3.63, 3.8) is 0 Å². The molecular formula is C23H21ClN4O2. The van der Waals surface area contributed by atoms with Gasteiger partial charge in [0.1, 0.15) is 0 Å². The molecular weight excluding hydrogens is 400 g/mol. The Labute approximate surface area is 178 Å². The Morgan fingerprint density at radius 1 is 1.00 bits per heavy atom. The van der Waals surface area contributed by atoms with Crippen LogP contribution in [0.1, 0.15) is 5.69 Å². The van der Waals surface area contributed by atoms with Crippen LogP contribution in [0.25, 0.3) is 27.7 Å². The van der Waals surface area contributed by atoms with E-state index in [1.54, 1.807) is 18.3 Å². The van der Waals surface area contributed by atoms with Crippen LogP contribution in [0.5, 0.6) is 0 Å². The Bertz CT molecular complexity index is 1250. The number of aromatic nitrogens is 3. The number of aryl methyl sites for hydroxylation is 1. The van der Waals surface area contributed by atoms with Crippen molar-refractivity contribution in [3.8, 4) is 16.8 Å². The number of aromatic amines is 1. The predicted octanol–water partition coefficient (Wildman–Crippen LogP) is 4.18. The molecule has 2 aromatic carbocycles. The molecule has 3 heterocycles. The molecule has 1 aliphatic heterocycles. The van der Waals surface area contributed by atoms with Crippen LogP contribution >= 0.6 is 11.6 Å². The van der Waals surface area contributed by atoms with Gasteiger partial charge < -0.3 is 9.64 Å². The van der Waals surface area contributed by atoms with E-state index in [1.165, 1.54) is 10.4 Å². The molecule has 0 radical (unpaired) electrons. The van der Waals surface area contributed by atoms with Gasteiger partial charge in [-0.25, -0.2) is 4.68 Å². The minimum atomic E-state index is -0.133. The van der Waals surface area contributed by atoms with Gasteiger partial charge >= 0.3 is 0 Å². The van der Waals surface area contributed by atoms with Crippen LogP contribution in [0.2, 0.25) is 5.02 Å². The van der Waals surface area contributed by atoms with Crippen molar-refractivity contribution in [1.29, 1.82) is 0 Å². The standard InChI is InChI=1S/C23H21ClN4O2/c1-15-21(16-2-6-18(7-3-16)27-10-12-30-13-11-27)22-20(14-25-15)23(29)28(26-22)19-8-4-17(24)5-9-19/h2-9,14,26H,10-13H2,1H3. The van der Waals surface area contributed by atoms with E-state index in [1.807, 2.05) is 19.1 Å². The van der Waals surface area contributed by atoms with E-state index >= 15 is 0 Å². The summed E-state index contributed by atoms with van der Waals surface area (Å²) in [7, 11) is 0. The van der Waals surface area contributed by atoms with Gasteiger partial charge in [-0.3, -0.25) is 14.9 Å². The maximum absolute atomic E-state index is 13.0. The third kappa shape index (κ3) is 3.28. The molecule has 1 N–H and O–H groups in total. The molecule has 2 aromatic heterocycles. The fourth-order valence-electron chi connectivity index (χ4n) is 3.95. The Kier molecular flexibility index (Phi) is 4.81. The van der Waals surface area contributed by atoms with E-state index in [0.717, 1.165) is 54.3 Å². The summed E-state index contributed by atoms with van der Waals surface area (Å²) in [4.78, 5) is 19.8. The molecule has 5 rings (SSSR count). The number of anilines is 1. The first-order chi connectivity index (χ1) is 14.6. The van der Waals surface area contributed by atoms with E-state index in [-0.39, 0.29) is 5.56 Å². The number of ether oxygens (including phenoxy) is 1. The lowest BCUT2D eigenvalue weighted by molar-refractivity contribution is 0.122. The maximum Gasteiger partial charge on any atom is 0.280 e. The molecule has 7 heteroatoms. The molecule has 0 amide bonds. The Hall–Kier alpha value is -3.09. The second-order valence-corrected chi connectivity index (χ2v) is 7.82. The quantitative estimate of drug-likeness (QED) is 0.540. The summed E-state index contributed by atoms with van der Waals surface area (Å²) in [6, 6.07) is 15.6. The second-order valence-electron chi connectivity index (χ2n) is 7.38. The van der Waals surface area contributed by atoms with Gasteiger partial charge in [-0.15, -0.1) is 0 Å². The minimum Gasteiger partial charge on any atom is -0.378 e. The average Bonchev–Trinajstić information content (AvgIpc) is 3.11. The van der Waals surface area contributed by atoms with Gasteiger partial charge in [0.15, 0.2) is 0 Å². The van der Waals surface area contributed by atoms with Crippen LogP contribution in [0.4, 0.5) is 5.69 Å². The van der Waals surface area contributed by atoms with Crippen molar-refractivity contribution in [2.45, 2.75) is 6.92 Å². The number of rotatable bonds is 3. The highest BCUT2D eigenvalue weighted by Crippen LogP contribution is 2.30. The highest BCUT2D eigenvalue weighted by molar-refractivity contribution is 6.30. The van der Waals surface area contributed by atoms with Crippen molar-refractivity contribution in [2.24, 2.45) is 0 Å². The normalized spacial score (nSPS) is 14.4. The summed E-state index contributed by atoms with van der Waals surface area (Å²) in [5, 5.41) is 4.46. The van der Waals surface area contributed by atoms with Gasteiger partial charge in [0.05, 0.1) is 29.8 Å². The lowest BCUT2D eigenvalue weighted by Gasteiger charge is -2.29. The number of morpholine rings is 1. The van der Waals surface area contributed by atoms with E-state index in [4.69, 9.17) is 16.3 Å². The lowest BCUT2D eigenvalue weighted by atomic mass is 10.0. The monoisotopic (exact) mass is 420 g/mol.